The number of carbonyl (C=O) groups is 1. The largest absolute Gasteiger partial charge is 0.431 e. The molecule has 0 heterocycles. The molecule has 0 unspecified atom stereocenters. The summed E-state index contributed by atoms with van der Waals surface area (Å²) in [6, 6.07) is 0. The van der Waals surface area contributed by atoms with Crippen LogP contribution in [0.5, 0.6) is 0 Å². The molecule has 2 nitrogen and oxygen atoms in total. The average Bonchev–Trinajstić information content (AvgIpc) is 2.11. The van der Waals surface area contributed by atoms with Gasteiger partial charge in [-0.2, -0.15) is 0 Å². The molecule has 0 bridgehead atoms. The Bertz CT molecular complexity index is 221. The topological polar surface area (TPSA) is 26.3 Å². The van der Waals surface area contributed by atoms with E-state index in [0.29, 0.717) is 0 Å². The Morgan fingerprint density at radius 2 is 1.87 bits per heavy atom. The molecule has 2 heteroatoms. The number of esters is 1. The van der Waals surface area contributed by atoms with Gasteiger partial charge >= 0.3 is 5.97 Å². The first kappa shape index (κ1) is 14.2. The monoisotopic (exact) mass is 212 g/mol. The van der Waals surface area contributed by atoms with Crippen LogP contribution in [-0.4, -0.2) is 5.97 Å². The Morgan fingerprint density at radius 3 is 2.33 bits per heavy atom. The fourth-order valence-corrected chi connectivity index (χ4v) is 1.04. The zero-order valence-corrected chi connectivity index (χ0v) is 10.7. The van der Waals surface area contributed by atoms with Crippen LogP contribution < -0.4 is 0 Å². The minimum absolute atomic E-state index is 0.160. The molecule has 0 saturated carbocycles. The molecule has 0 rings (SSSR count). The first-order valence-corrected chi connectivity index (χ1v) is 5.77. The van der Waals surface area contributed by atoms with Crippen molar-refractivity contribution in [3.8, 4) is 0 Å². The first-order valence-electron chi connectivity index (χ1n) is 5.77. The van der Waals surface area contributed by atoms with Crippen molar-refractivity contribution in [1.82, 2.24) is 0 Å². The summed E-state index contributed by atoms with van der Waals surface area (Å²) in [6.07, 6.45) is 6.61. The maximum absolute atomic E-state index is 11.5. The number of unbranched alkanes of at least 4 members (excludes halogenated alkanes) is 3. The number of hydrogen-bond acceptors (Lipinski definition) is 2. The van der Waals surface area contributed by atoms with E-state index in [-0.39, 0.29) is 5.97 Å². The highest BCUT2D eigenvalue weighted by molar-refractivity contribution is 5.76. The van der Waals surface area contributed by atoms with Gasteiger partial charge in [-0.25, -0.2) is 0 Å². The van der Waals surface area contributed by atoms with Gasteiger partial charge in [-0.15, -0.1) is 0 Å². The van der Waals surface area contributed by atoms with Gasteiger partial charge in [0.05, 0.1) is 5.41 Å². The molecule has 0 spiro atoms. The van der Waals surface area contributed by atoms with E-state index in [4.69, 9.17) is 4.74 Å². The lowest BCUT2D eigenvalue weighted by atomic mass is 9.97. The predicted molar refractivity (Wildman–Crippen MR) is 63.4 cm³/mol. The van der Waals surface area contributed by atoms with Crippen molar-refractivity contribution in [2.75, 3.05) is 0 Å². The van der Waals surface area contributed by atoms with Crippen molar-refractivity contribution in [3.05, 3.63) is 11.8 Å². The van der Waals surface area contributed by atoms with Crippen LogP contribution in [0, 0.1) is 5.41 Å². The van der Waals surface area contributed by atoms with Crippen LogP contribution in [-0.2, 0) is 9.53 Å². The summed E-state index contributed by atoms with van der Waals surface area (Å²) in [5, 5.41) is 0. The molecule has 0 saturated heterocycles. The number of carbonyl (C=O) groups excluding carboxylic acids is 1. The van der Waals surface area contributed by atoms with Crippen molar-refractivity contribution < 1.29 is 9.53 Å². The van der Waals surface area contributed by atoms with Crippen molar-refractivity contribution in [3.63, 3.8) is 0 Å². The normalized spacial score (nSPS) is 12.7. The molecule has 15 heavy (non-hydrogen) atoms. The van der Waals surface area contributed by atoms with Gasteiger partial charge in [-0.05, 0) is 46.6 Å². The van der Waals surface area contributed by atoms with Crippen LogP contribution in [0.15, 0.2) is 11.8 Å². The molecule has 0 aliphatic rings. The van der Waals surface area contributed by atoms with Gasteiger partial charge in [-0.3, -0.25) is 4.79 Å². The molecule has 0 aromatic heterocycles. The van der Waals surface area contributed by atoms with Crippen LogP contribution in [0.2, 0.25) is 0 Å². The van der Waals surface area contributed by atoms with Gasteiger partial charge in [-0.1, -0.05) is 19.8 Å². The molecule has 0 fully saturated rings. The lowest BCUT2D eigenvalue weighted by Crippen LogP contribution is -2.22. The zero-order chi connectivity index (χ0) is 11.9. The van der Waals surface area contributed by atoms with Gasteiger partial charge < -0.3 is 4.74 Å². The molecule has 0 amide bonds. The third-order valence-electron chi connectivity index (χ3n) is 2.11. The smallest absolute Gasteiger partial charge is 0.316 e. The van der Waals surface area contributed by atoms with Crippen molar-refractivity contribution >= 4 is 5.97 Å². The Hall–Kier alpha value is -0.790. The van der Waals surface area contributed by atoms with Crippen molar-refractivity contribution in [2.45, 2.75) is 60.3 Å². The maximum Gasteiger partial charge on any atom is 0.316 e. The van der Waals surface area contributed by atoms with Gasteiger partial charge in [0.2, 0.25) is 0 Å². The number of ether oxygens (including phenoxy) is 1. The van der Waals surface area contributed by atoms with E-state index in [9.17, 15) is 4.79 Å². The minimum Gasteiger partial charge on any atom is -0.431 e. The van der Waals surface area contributed by atoms with E-state index in [1.807, 2.05) is 33.8 Å². The second-order valence-corrected chi connectivity index (χ2v) is 4.95. The molecular weight excluding hydrogens is 188 g/mol. The standard InChI is InChI=1S/C13H24O2/c1-6-7-8-9-10-11(2)15-12(14)13(3,4)5/h10H,6-9H2,1-5H3. The van der Waals surface area contributed by atoms with Gasteiger partial charge in [0.15, 0.2) is 0 Å². The van der Waals surface area contributed by atoms with E-state index in [1.54, 1.807) is 0 Å². The highest BCUT2D eigenvalue weighted by atomic mass is 16.5. The zero-order valence-electron chi connectivity index (χ0n) is 10.7. The average molecular weight is 212 g/mol. The van der Waals surface area contributed by atoms with E-state index in [2.05, 4.69) is 6.92 Å². The van der Waals surface area contributed by atoms with Gasteiger partial charge in [0, 0.05) is 0 Å². The lowest BCUT2D eigenvalue weighted by Gasteiger charge is -2.16. The summed E-state index contributed by atoms with van der Waals surface area (Å²) in [6.45, 7) is 9.60. The Labute approximate surface area is 93.7 Å². The molecule has 0 N–H and O–H groups in total. The number of rotatable bonds is 5. The Balaban J connectivity index is 3.91. The van der Waals surface area contributed by atoms with E-state index in [0.717, 1.165) is 12.2 Å². The third kappa shape index (κ3) is 7.18. The quantitative estimate of drug-likeness (QED) is 0.390. The number of allylic oxidation sites excluding steroid dienone is 2. The van der Waals surface area contributed by atoms with Crippen molar-refractivity contribution in [2.24, 2.45) is 5.41 Å². The van der Waals surface area contributed by atoms with Gasteiger partial charge in [0.25, 0.3) is 0 Å². The summed E-state index contributed by atoms with van der Waals surface area (Å²) in [5.41, 5.74) is -0.418. The summed E-state index contributed by atoms with van der Waals surface area (Å²) in [5.74, 6) is 0.567. The summed E-state index contributed by atoms with van der Waals surface area (Å²) in [7, 11) is 0. The summed E-state index contributed by atoms with van der Waals surface area (Å²) < 4.78 is 5.22. The lowest BCUT2D eigenvalue weighted by molar-refractivity contribution is -0.148. The SMILES string of the molecule is CCCCCC=C(C)OC(=O)C(C)(C)C. The van der Waals surface area contributed by atoms with E-state index < -0.39 is 5.41 Å². The van der Waals surface area contributed by atoms with Crippen LogP contribution in [0.1, 0.15) is 60.3 Å². The highest BCUT2D eigenvalue weighted by Gasteiger charge is 2.23. The van der Waals surface area contributed by atoms with Crippen LogP contribution in [0.3, 0.4) is 0 Å². The molecular formula is C13H24O2. The molecule has 0 aliphatic carbocycles. The Morgan fingerprint density at radius 1 is 1.27 bits per heavy atom. The third-order valence-corrected chi connectivity index (χ3v) is 2.11. The first-order chi connectivity index (χ1) is 6.88. The van der Waals surface area contributed by atoms with Crippen molar-refractivity contribution in [1.29, 1.82) is 0 Å². The molecule has 0 aromatic rings. The molecule has 88 valence electrons. The van der Waals surface area contributed by atoms with E-state index in [1.165, 1.54) is 19.3 Å². The fourth-order valence-electron chi connectivity index (χ4n) is 1.04. The summed E-state index contributed by atoms with van der Waals surface area (Å²) in [4.78, 5) is 11.5. The summed E-state index contributed by atoms with van der Waals surface area (Å²) >= 11 is 0. The molecule has 0 aliphatic heterocycles. The second kappa shape index (κ2) is 6.65. The van der Waals surface area contributed by atoms with Gasteiger partial charge in [0.1, 0.15) is 5.76 Å². The highest BCUT2D eigenvalue weighted by Crippen LogP contribution is 2.17. The maximum atomic E-state index is 11.5. The Kier molecular flexibility index (Phi) is 6.30. The fraction of sp³-hybridized carbons (Fsp3) is 0.769. The van der Waals surface area contributed by atoms with Crippen LogP contribution >= 0.6 is 0 Å². The van der Waals surface area contributed by atoms with E-state index >= 15 is 0 Å². The molecule has 0 aromatic carbocycles. The molecule has 0 radical (unpaired) electrons. The van der Waals surface area contributed by atoms with Crippen LogP contribution in [0.4, 0.5) is 0 Å². The second-order valence-electron chi connectivity index (χ2n) is 4.95. The minimum atomic E-state index is -0.418. The number of hydrogen-bond donors (Lipinski definition) is 0. The van der Waals surface area contributed by atoms with Crippen LogP contribution in [0.25, 0.3) is 0 Å². The molecule has 0 atom stereocenters. The predicted octanol–water partition coefficient (Wildman–Crippen LogP) is 4.06.